The van der Waals surface area contributed by atoms with Crippen LogP contribution in [0.15, 0.2) is 55.1 Å². The van der Waals surface area contributed by atoms with Crippen LogP contribution < -0.4 is 15.0 Å². The van der Waals surface area contributed by atoms with Gasteiger partial charge in [-0.05, 0) is 37.1 Å². The molecule has 1 aromatic carbocycles. The van der Waals surface area contributed by atoms with Crippen molar-refractivity contribution in [2.24, 2.45) is 0 Å². The second-order valence-corrected chi connectivity index (χ2v) is 7.61. The maximum atomic E-state index is 12.5. The molecule has 0 bridgehead atoms. The van der Waals surface area contributed by atoms with Crippen LogP contribution in [-0.4, -0.2) is 54.8 Å². The maximum absolute atomic E-state index is 12.5. The lowest BCUT2D eigenvalue weighted by molar-refractivity contribution is -0.274. The molecule has 0 spiro atoms. The Morgan fingerprint density at radius 3 is 2.91 bits per heavy atom. The fourth-order valence-electron chi connectivity index (χ4n) is 3.97. The average molecular weight is 459 g/mol. The lowest BCUT2D eigenvalue weighted by Crippen LogP contribution is -2.33. The molecule has 1 fully saturated rings. The highest BCUT2D eigenvalue weighted by Gasteiger charge is 2.31. The fraction of sp³-hybridized carbons (Fsp3) is 0.286. The molecule has 1 aliphatic rings. The normalized spacial score (nSPS) is 16.5. The summed E-state index contributed by atoms with van der Waals surface area (Å²) in [5.74, 6) is 1.11. The van der Waals surface area contributed by atoms with E-state index in [2.05, 4.69) is 30.0 Å². The van der Waals surface area contributed by atoms with Crippen molar-refractivity contribution >= 4 is 23.1 Å². The Balaban J connectivity index is 1.41. The van der Waals surface area contributed by atoms with Crippen LogP contribution in [-0.2, 0) is 0 Å². The molecular weight excluding hydrogens is 439 g/mol. The number of aliphatic hydroxyl groups excluding tert-OH is 1. The number of imidazole rings is 1. The SMILES string of the molecule is OCC1CCCN1c1nc(Nc2cn(-c3cccc(OC(F)(F)F)c3)cn2)nn2cccc12. The Morgan fingerprint density at radius 1 is 1.21 bits per heavy atom. The summed E-state index contributed by atoms with van der Waals surface area (Å²) in [5, 5.41) is 17.2. The molecule has 5 rings (SSSR count). The van der Waals surface area contributed by atoms with Gasteiger partial charge in [0.15, 0.2) is 11.6 Å². The zero-order valence-corrected chi connectivity index (χ0v) is 17.3. The van der Waals surface area contributed by atoms with Crippen molar-refractivity contribution in [1.82, 2.24) is 24.1 Å². The summed E-state index contributed by atoms with van der Waals surface area (Å²) in [6.07, 6.45) is 1.97. The van der Waals surface area contributed by atoms with Crippen molar-refractivity contribution in [1.29, 1.82) is 0 Å². The van der Waals surface area contributed by atoms with Crippen molar-refractivity contribution in [2.75, 3.05) is 23.4 Å². The van der Waals surface area contributed by atoms with Gasteiger partial charge in [0.2, 0.25) is 5.95 Å². The highest BCUT2D eigenvalue weighted by atomic mass is 19.4. The first-order chi connectivity index (χ1) is 15.9. The van der Waals surface area contributed by atoms with E-state index in [0.29, 0.717) is 23.3 Å². The third kappa shape index (κ3) is 4.42. The molecule has 33 heavy (non-hydrogen) atoms. The number of nitrogens with one attached hydrogen (secondary N) is 1. The summed E-state index contributed by atoms with van der Waals surface area (Å²) in [6.45, 7) is 0.828. The number of alkyl halides is 3. The number of halogens is 3. The monoisotopic (exact) mass is 459 g/mol. The van der Waals surface area contributed by atoms with Gasteiger partial charge in [0.1, 0.15) is 17.6 Å². The minimum absolute atomic E-state index is 0.00291. The van der Waals surface area contributed by atoms with Gasteiger partial charge < -0.3 is 24.6 Å². The molecule has 4 aromatic rings. The zero-order valence-electron chi connectivity index (χ0n) is 17.3. The fourth-order valence-corrected chi connectivity index (χ4v) is 3.97. The van der Waals surface area contributed by atoms with Gasteiger partial charge in [0.25, 0.3) is 0 Å². The molecule has 1 aliphatic heterocycles. The molecule has 0 aliphatic carbocycles. The number of aromatic nitrogens is 5. The van der Waals surface area contributed by atoms with E-state index in [4.69, 9.17) is 0 Å². The first-order valence-corrected chi connectivity index (χ1v) is 10.3. The van der Waals surface area contributed by atoms with Crippen LogP contribution in [0.5, 0.6) is 5.75 Å². The van der Waals surface area contributed by atoms with Gasteiger partial charge in [-0.15, -0.1) is 18.3 Å². The van der Waals surface area contributed by atoms with Gasteiger partial charge in [-0.1, -0.05) is 6.07 Å². The number of ether oxygens (including phenoxy) is 1. The van der Waals surface area contributed by atoms with Gasteiger partial charge in [-0.3, -0.25) is 0 Å². The Kier molecular flexibility index (Phi) is 5.29. The molecule has 0 amide bonds. The number of nitrogens with zero attached hydrogens (tertiary/aromatic N) is 6. The van der Waals surface area contributed by atoms with Crippen LogP contribution in [0.3, 0.4) is 0 Å². The molecule has 12 heteroatoms. The molecule has 2 N–H and O–H groups in total. The van der Waals surface area contributed by atoms with Crippen LogP contribution in [0.2, 0.25) is 0 Å². The average Bonchev–Trinajstić information content (AvgIpc) is 3.52. The van der Waals surface area contributed by atoms with Crippen LogP contribution in [0.25, 0.3) is 11.2 Å². The molecule has 1 unspecified atom stereocenters. The predicted octanol–water partition coefficient (Wildman–Crippen LogP) is 3.52. The summed E-state index contributed by atoms with van der Waals surface area (Å²) in [5.41, 5.74) is 1.27. The van der Waals surface area contributed by atoms with E-state index in [9.17, 15) is 18.3 Å². The summed E-state index contributed by atoms with van der Waals surface area (Å²) >= 11 is 0. The molecule has 4 heterocycles. The van der Waals surface area contributed by atoms with E-state index in [-0.39, 0.29) is 18.4 Å². The van der Waals surface area contributed by atoms with Crippen molar-refractivity contribution < 1.29 is 23.0 Å². The van der Waals surface area contributed by atoms with Crippen molar-refractivity contribution in [3.05, 3.63) is 55.1 Å². The molecule has 9 nitrogen and oxygen atoms in total. The second-order valence-electron chi connectivity index (χ2n) is 7.61. The molecule has 172 valence electrons. The third-order valence-corrected chi connectivity index (χ3v) is 5.40. The predicted molar refractivity (Wildman–Crippen MR) is 114 cm³/mol. The van der Waals surface area contributed by atoms with Crippen LogP contribution >= 0.6 is 0 Å². The van der Waals surface area contributed by atoms with E-state index < -0.39 is 6.36 Å². The van der Waals surface area contributed by atoms with E-state index in [1.54, 1.807) is 27.5 Å². The van der Waals surface area contributed by atoms with Crippen molar-refractivity contribution in [3.63, 3.8) is 0 Å². The van der Waals surface area contributed by atoms with Gasteiger partial charge in [0, 0.05) is 18.8 Å². The lowest BCUT2D eigenvalue weighted by atomic mass is 10.2. The smallest absolute Gasteiger partial charge is 0.406 e. The number of hydrogen-bond donors (Lipinski definition) is 2. The van der Waals surface area contributed by atoms with Crippen LogP contribution in [0.4, 0.5) is 30.8 Å². The zero-order chi connectivity index (χ0) is 23.0. The van der Waals surface area contributed by atoms with Crippen LogP contribution in [0.1, 0.15) is 12.8 Å². The van der Waals surface area contributed by atoms with Gasteiger partial charge in [0.05, 0.1) is 24.5 Å². The molecular formula is C21H20F3N7O2. The molecule has 0 saturated carbocycles. The number of rotatable bonds is 6. The quantitative estimate of drug-likeness (QED) is 0.456. The summed E-state index contributed by atoms with van der Waals surface area (Å²) in [6, 6.07) is 9.37. The van der Waals surface area contributed by atoms with Gasteiger partial charge in [-0.25, -0.2) is 9.50 Å². The van der Waals surface area contributed by atoms with Crippen molar-refractivity contribution in [3.8, 4) is 11.4 Å². The number of aliphatic hydroxyl groups is 1. The van der Waals surface area contributed by atoms with Gasteiger partial charge in [-0.2, -0.15) is 4.98 Å². The standard InChI is InChI=1S/C21H20F3N7O2/c22-21(23,24)33-16-6-1-4-14(10-16)29-11-18(25-13-29)26-20-27-19(17-7-3-9-31(17)28-20)30-8-2-5-15(30)12-32/h1,3-4,6-7,9-11,13,15,32H,2,5,8,12H2,(H,26,28). The van der Waals surface area contributed by atoms with E-state index in [1.807, 2.05) is 12.1 Å². The molecule has 1 atom stereocenters. The van der Waals surface area contributed by atoms with Crippen LogP contribution in [0, 0.1) is 0 Å². The van der Waals surface area contributed by atoms with E-state index in [0.717, 1.165) is 24.9 Å². The number of fused-ring (bicyclic) bond motifs is 1. The van der Waals surface area contributed by atoms with E-state index >= 15 is 0 Å². The Morgan fingerprint density at radius 2 is 2.09 bits per heavy atom. The molecule has 1 saturated heterocycles. The summed E-state index contributed by atoms with van der Waals surface area (Å²) in [7, 11) is 0. The first-order valence-electron chi connectivity index (χ1n) is 10.3. The number of hydrogen-bond acceptors (Lipinski definition) is 7. The molecule has 0 radical (unpaired) electrons. The summed E-state index contributed by atoms with van der Waals surface area (Å²) in [4.78, 5) is 11.0. The largest absolute Gasteiger partial charge is 0.573 e. The second kappa shape index (κ2) is 8.28. The minimum Gasteiger partial charge on any atom is -0.406 e. The van der Waals surface area contributed by atoms with E-state index in [1.165, 1.54) is 24.5 Å². The highest BCUT2D eigenvalue weighted by molar-refractivity contribution is 5.71. The number of anilines is 3. The van der Waals surface area contributed by atoms with Gasteiger partial charge >= 0.3 is 6.36 Å². The third-order valence-electron chi connectivity index (χ3n) is 5.40. The Bertz CT molecular complexity index is 1270. The maximum Gasteiger partial charge on any atom is 0.573 e. The minimum atomic E-state index is -4.77. The molecule has 3 aromatic heterocycles. The van der Waals surface area contributed by atoms with Crippen molar-refractivity contribution in [2.45, 2.75) is 25.2 Å². The Labute approximate surface area is 186 Å². The lowest BCUT2D eigenvalue weighted by Gasteiger charge is -2.25. The summed E-state index contributed by atoms with van der Waals surface area (Å²) < 4.78 is 44.8. The highest BCUT2D eigenvalue weighted by Crippen LogP contribution is 2.29. The number of benzene rings is 1. The first kappa shape index (κ1) is 21.1. The topological polar surface area (TPSA) is 92.7 Å². The Hall–Kier alpha value is -3.80.